The predicted octanol–water partition coefficient (Wildman–Crippen LogP) is 1.55. The van der Waals surface area contributed by atoms with E-state index in [0.29, 0.717) is 16.7 Å². The van der Waals surface area contributed by atoms with E-state index in [4.69, 9.17) is 4.74 Å². The third kappa shape index (κ3) is 1.56. The summed E-state index contributed by atoms with van der Waals surface area (Å²) in [5, 5.41) is 18.7. The molecule has 2 rings (SSSR count). The van der Waals surface area contributed by atoms with Crippen LogP contribution in [-0.2, 0) is 0 Å². The average Bonchev–Trinajstić information content (AvgIpc) is 2.27. The minimum atomic E-state index is -0.472. The van der Waals surface area contributed by atoms with Crippen molar-refractivity contribution in [3.8, 4) is 5.75 Å². The van der Waals surface area contributed by atoms with Crippen LogP contribution in [0.3, 0.4) is 0 Å². The van der Waals surface area contributed by atoms with Crippen molar-refractivity contribution in [3.63, 3.8) is 0 Å². The number of fused-ring (bicyclic) bond motifs is 1. The highest BCUT2D eigenvalue weighted by Gasteiger charge is 2.09. The molecule has 1 aromatic carbocycles. The van der Waals surface area contributed by atoms with Crippen LogP contribution in [0.4, 0.5) is 5.69 Å². The fourth-order valence-corrected chi connectivity index (χ4v) is 1.30. The maximum absolute atomic E-state index is 10.5. The second kappa shape index (κ2) is 3.49. The molecular formula is C9H7N3O3. The molecule has 0 radical (unpaired) electrons. The van der Waals surface area contributed by atoms with Crippen molar-refractivity contribution >= 4 is 16.6 Å². The monoisotopic (exact) mass is 205 g/mol. The second-order valence-electron chi connectivity index (χ2n) is 2.87. The van der Waals surface area contributed by atoms with Gasteiger partial charge in [-0.3, -0.25) is 10.1 Å². The highest BCUT2D eigenvalue weighted by molar-refractivity contribution is 5.85. The molecule has 0 unspecified atom stereocenters. The Morgan fingerprint density at radius 3 is 2.93 bits per heavy atom. The molecule has 76 valence electrons. The first kappa shape index (κ1) is 9.32. The summed E-state index contributed by atoms with van der Waals surface area (Å²) >= 11 is 0. The van der Waals surface area contributed by atoms with Crippen molar-refractivity contribution in [2.24, 2.45) is 0 Å². The van der Waals surface area contributed by atoms with Crippen molar-refractivity contribution in [1.82, 2.24) is 10.2 Å². The topological polar surface area (TPSA) is 78.2 Å². The Labute approximate surface area is 84.7 Å². The van der Waals surface area contributed by atoms with E-state index in [2.05, 4.69) is 10.2 Å². The molecule has 15 heavy (non-hydrogen) atoms. The van der Waals surface area contributed by atoms with Gasteiger partial charge in [0.2, 0.25) is 0 Å². The Morgan fingerprint density at radius 1 is 1.47 bits per heavy atom. The van der Waals surface area contributed by atoms with E-state index in [0.717, 1.165) is 0 Å². The van der Waals surface area contributed by atoms with Crippen LogP contribution in [0, 0.1) is 10.1 Å². The first-order valence-corrected chi connectivity index (χ1v) is 4.16. The Morgan fingerprint density at radius 2 is 2.27 bits per heavy atom. The van der Waals surface area contributed by atoms with E-state index in [9.17, 15) is 10.1 Å². The zero-order chi connectivity index (χ0) is 10.8. The molecule has 0 saturated heterocycles. The van der Waals surface area contributed by atoms with Crippen LogP contribution in [0.15, 0.2) is 24.4 Å². The largest absolute Gasteiger partial charge is 0.494 e. The van der Waals surface area contributed by atoms with E-state index < -0.39 is 4.92 Å². The molecule has 0 bridgehead atoms. The van der Waals surface area contributed by atoms with Crippen molar-refractivity contribution in [2.75, 3.05) is 7.11 Å². The number of non-ortho nitro benzene ring substituents is 1. The molecule has 0 amide bonds. The molecule has 0 aliphatic rings. The van der Waals surface area contributed by atoms with E-state index in [1.807, 2.05) is 0 Å². The van der Waals surface area contributed by atoms with Gasteiger partial charge in [0, 0.05) is 17.5 Å². The lowest BCUT2D eigenvalue weighted by Gasteiger charge is -2.02. The lowest BCUT2D eigenvalue weighted by Crippen LogP contribution is -1.92. The van der Waals surface area contributed by atoms with Gasteiger partial charge in [-0.25, -0.2) is 0 Å². The molecule has 0 saturated carbocycles. The number of benzene rings is 1. The zero-order valence-electron chi connectivity index (χ0n) is 7.88. The minimum absolute atomic E-state index is 0.00921. The number of methoxy groups -OCH3 is 1. The molecule has 0 fully saturated rings. The molecule has 6 nitrogen and oxygen atoms in total. The number of nitro benzene ring substituents is 1. The number of nitrogens with zero attached hydrogens (tertiary/aromatic N) is 3. The van der Waals surface area contributed by atoms with Gasteiger partial charge < -0.3 is 4.74 Å². The van der Waals surface area contributed by atoms with Crippen molar-refractivity contribution < 1.29 is 9.66 Å². The molecule has 0 aliphatic heterocycles. The maximum atomic E-state index is 10.5. The SMILES string of the molecule is COc1cnnc2cc([N+](=O)[O-])ccc12. The van der Waals surface area contributed by atoms with Crippen molar-refractivity contribution in [3.05, 3.63) is 34.5 Å². The van der Waals surface area contributed by atoms with E-state index in [-0.39, 0.29) is 5.69 Å². The molecule has 0 spiro atoms. The van der Waals surface area contributed by atoms with Gasteiger partial charge in [-0.1, -0.05) is 0 Å². The summed E-state index contributed by atoms with van der Waals surface area (Å²) in [7, 11) is 1.51. The molecule has 0 aliphatic carbocycles. The molecule has 1 heterocycles. The molecule has 1 aromatic heterocycles. The Bertz CT molecular complexity index is 527. The number of hydrogen-bond donors (Lipinski definition) is 0. The summed E-state index contributed by atoms with van der Waals surface area (Å²) in [6, 6.07) is 4.37. The van der Waals surface area contributed by atoms with E-state index in [1.165, 1.54) is 25.4 Å². The van der Waals surface area contributed by atoms with Crippen LogP contribution in [-0.4, -0.2) is 22.2 Å². The van der Waals surface area contributed by atoms with Gasteiger partial charge in [-0.15, -0.1) is 0 Å². The fourth-order valence-electron chi connectivity index (χ4n) is 1.30. The van der Waals surface area contributed by atoms with Crippen molar-refractivity contribution in [2.45, 2.75) is 0 Å². The van der Waals surface area contributed by atoms with Crippen LogP contribution in [0.25, 0.3) is 10.9 Å². The molecule has 0 N–H and O–H groups in total. The van der Waals surface area contributed by atoms with Crippen LogP contribution in [0.1, 0.15) is 0 Å². The van der Waals surface area contributed by atoms with Gasteiger partial charge in [0.25, 0.3) is 5.69 Å². The molecule has 2 aromatic rings. The van der Waals surface area contributed by atoms with Gasteiger partial charge in [0.05, 0.1) is 18.2 Å². The number of nitro groups is 1. The lowest BCUT2D eigenvalue weighted by atomic mass is 10.2. The highest BCUT2D eigenvalue weighted by atomic mass is 16.6. The van der Waals surface area contributed by atoms with Gasteiger partial charge in [0.15, 0.2) is 0 Å². The molecule has 6 heteroatoms. The van der Waals surface area contributed by atoms with Gasteiger partial charge in [-0.05, 0) is 6.07 Å². The standard InChI is InChI=1S/C9H7N3O3/c1-15-9-5-10-11-8-4-6(12(13)14)2-3-7(8)9/h2-5H,1H3. The Kier molecular flexibility index (Phi) is 2.17. The first-order chi connectivity index (χ1) is 7.22. The number of rotatable bonds is 2. The van der Waals surface area contributed by atoms with Gasteiger partial charge in [-0.2, -0.15) is 10.2 Å². The van der Waals surface area contributed by atoms with Gasteiger partial charge in [0.1, 0.15) is 11.3 Å². The first-order valence-electron chi connectivity index (χ1n) is 4.16. The van der Waals surface area contributed by atoms with Crippen LogP contribution < -0.4 is 4.74 Å². The average molecular weight is 205 g/mol. The number of aromatic nitrogens is 2. The summed E-state index contributed by atoms with van der Waals surface area (Å²) in [6.45, 7) is 0. The Hall–Kier alpha value is -2.24. The fraction of sp³-hybridized carbons (Fsp3) is 0.111. The van der Waals surface area contributed by atoms with Crippen LogP contribution in [0.2, 0.25) is 0 Å². The smallest absolute Gasteiger partial charge is 0.271 e. The predicted molar refractivity (Wildman–Crippen MR) is 52.7 cm³/mol. The lowest BCUT2D eigenvalue weighted by molar-refractivity contribution is -0.384. The third-order valence-corrected chi connectivity index (χ3v) is 2.02. The third-order valence-electron chi connectivity index (χ3n) is 2.02. The summed E-state index contributed by atoms with van der Waals surface area (Å²) in [4.78, 5) is 10.1. The van der Waals surface area contributed by atoms with Gasteiger partial charge >= 0.3 is 0 Å². The zero-order valence-corrected chi connectivity index (χ0v) is 7.88. The van der Waals surface area contributed by atoms with Crippen LogP contribution >= 0.6 is 0 Å². The summed E-state index contributed by atoms with van der Waals surface area (Å²) in [6.07, 6.45) is 1.47. The quantitative estimate of drug-likeness (QED) is 0.549. The number of hydrogen-bond acceptors (Lipinski definition) is 5. The molecular weight excluding hydrogens is 198 g/mol. The second-order valence-corrected chi connectivity index (χ2v) is 2.87. The van der Waals surface area contributed by atoms with Crippen LogP contribution in [0.5, 0.6) is 5.75 Å². The van der Waals surface area contributed by atoms with E-state index in [1.54, 1.807) is 6.07 Å². The molecule has 0 atom stereocenters. The summed E-state index contributed by atoms with van der Waals surface area (Å²) in [5.74, 6) is 0.551. The minimum Gasteiger partial charge on any atom is -0.494 e. The van der Waals surface area contributed by atoms with E-state index >= 15 is 0 Å². The normalized spacial score (nSPS) is 10.2. The Balaban J connectivity index is 2.69. The number of ether oxygens (including phenoxy) is 1. The summed E-state index contributed by atoms with van der Waals surface area (Å²) < 4.78 is 5.06. The maximum Gasteiger partial charge on any atom is 0.271 e. The summed E-state index contributed by atoms with van der Waals surface area (Å²) in [5.41, 5.74) is 0.439. The highest BCUT2D eigenvalue weighted by Crippen LogP contribution is 2.25. The van der Waals surface area contributed by atoms with Crippen molar-refractivity contribution in [1.29, 1.82) is 0 Å².